The fraction of sp³-hybridized carbons (Fsp3) is 0.467. The van der Waals surface area contributed by atoms with Gasteiger partial charge in [0, 0.05) is 6.42 Å². The summed E-state index contributed by atoms with van der Waals surface area (Å²) in [6, 6.07) is 7.27. The average molecular weight is 293 g/mol. The molecule has 1 aromatic carbocycles. The minimum absolute atomic E-state index is 0.000647. The molecule has 21 heavy (non-hydrogen) atoms. The van der Waals surface area contributed by atoms with E-state index in [0.717, 1.165) is 5.56 Å². The summed E-state index contributed by atoms with van der Waals surface area (Å²) < 4.78 is 10.6. The van der Waals surface area contributed by atoms with Crippen LogP contribution in [-0.2, 0) is 14.3 Å². The van der Waals surface area contributed by atoms with Gasteiger partial charge in [-0.25, -0.2) is 0 Å². The number of nitrogens with one attached hydrogen (secondary N) is 1. The maximum atomic E-state index is 11.8. The van der Waals surface area contributed by atoms with E-state index < -0.39 is 0 Å². The van der Waals surface area contributed by atoms with Crippen LogP contribution in [0.15, 0.2) is 24.3 Å². The van der Waals surface area contributed by atoms with Crippen LogP contribution in [0, 0.1) is 0 Å². The van der Waals surface area contributed by atoms with Crippen molar-refractivity contribution in [3.05, 3.63) is 29.8 Å². The van der Waals surface area contributed by atoms with Crippen LogP contribution in [0.4, 0.5) is 0 Å². The second kappa shape index (κ2) is 7.75. The third-order valence-electron chi connectivity index (χ3n) is 3.25. The molecule has 0 radical (unpaired) electrons. The summed E-state index contributed by atoms with van der Waals surface area (Å²) in [6.07, 6.45) is 0.913. The van der Waals surface area contributed by atoms with Crippen molar-refractivity contribution in [3.8, 4) is 5.75 Å². The predicted molar refractivity (Wildman–Crippen MR) is 75.0 cm³/mol. The van der Waals surface area contributed by atoms with Crippen LogP contribution in [0.5, 0.6) is 5.75 Å². The molecule has 0 spiro atoms. The van der Waals surface area contributed by atoms with Gasteiger partial charge in [0.2, 0.25) is 11.8 Å². The molecule has 0 aromatic heterocycles. The van der Waals surface area contributed by atoms with Gasteiger partial charge in [-0.1, -0.05) is 12.1 Å². The minimum atomic E-state index is -0.273. The van der Waals surface area contributed by atoms with E-state index in [2.05, 4.69) is 5.32 Å². The number of benzene rings is 1. The summed E-state index contributed by atoms with van der Waals surface area (Å²) in [4.78, 5) is 22.9. The van der Waals surface area contributed by atoms with Crippen molar-refractivity contribution in [2.45, 2.75) is 18.8 Å². The van der Waals surface area contributed by atoms with Crippen LogP contribution in [0.25, 0.3) is 0 Å². The molecule has 1 unspecified atom stereocenters. The molecule has 1 atom stereocenters. The number of aliphatic hydroxyl groups excluding tert-OH is 1. The van der Waals surface area contributed by atoms with E-state index in [1.165, 1.54) is 0 Å². The van der Waals surface area contributed by atoms with Crippen molar-refractivity contribution >= 4 is 11.8 Å². The molecule has 1 aromatic rings. The Morgan fingerprint density at radius 2 is 1.90 bits per heavy atom. The lowest BCUT2D eigenvalue weighted by Crippen LogP contribution is -2.39. The van der Waals surface area contributed by atoms with Crippen LogP contribution in [0.3, 0.4) is 0 Å². The van der Waals surface area contributed by atoms with Gasteiger partial charge in [-0.3, -0.25) is 14.9 Å². The molecule has 6 heteroatoms. The van der Waals surface area contributed by atoms with Gasteiger partial charge in [0.15, 0.2) is 0 Å². The van der Waals surface area contributed by atoms with Crippen molar-refractivity contribution < 1.29 is 24.2 Å². The Bertz CT molecular complexity index is 485. The highest BCUT2D eigenvalue weighted by Gasteiger charge is 2.27. The number of carbonyl (C=O) groups excluding carboxylic acids is 2. The highest BCUT2D eigenvalue weighted by atomic mass is 16.5. The minimum Gasteiger partial charge on any atom is -0.491 e. The van der Waals surface area contributed by atoms with Crippen LogP contribution in [0.2, 0.25) is 0 Å². The first-order chi connectivity index (χ1) is 10.2. The summed E-state index contributed by atoms with van der Waals surface area (Å²) in [6.45, 7) is 1.12. The molecule has 0 saturated carbocycles. The van der Waals surface area contributed by atoms with Gasteiger partial charge >= 0.3 is 0 Å². The number of rotatable bonds is 7. The Hall–Kier alpha value is -1.92. The molecule has 0 bridgehead atoms. The monoisotopic (exact) mass is 293 g/mol. The second-order valence-corrected chi connectivity index (χ2v) is 4.76. The van der Waals surface area contributed by atoms with Gasteiger partial charge in [0.05, 0.1) is 25.7 Å². The predicted octanol–water partition coefficient (Wildman–Crippen LogP) is 0.594. The van der Waals surface area contributed by atoms with Crippen molar-refractivity contribution in [3.63, 3.8) is 0 Å². The molecule has 6 nitrogen and oxygen atoms in total. The molecule has 1 aliphatic heterocycles. The van der Waals surface area contributed by atoms with Crippen LogP contribution in [-0.4, -0.2) is 43.3 Å². The summed E-state index contributed by atoms with van der Waals surface area (Å²) in [7, 11) is 0. The summed E-state index contributed by atoms with van der Waals surface area (Å²) >= 11 is 0. The Morgan fingerprint density at radius 3 is 2.57 bits per heavy atom. The maximum Gasteiger partial charge on any atom is 0.234 e. The van der Waals surface area contributed by atoms with Crippen LogP contribution >= 0.6 is 0 Å². The van der Waals surface area contributed by atoms with E-state index in [0.29, 0.717) is 38.4 Å². The zero-order valence-electron chi connectivity index (χ0n) is 11.7. The van der Waals surface area contributed by atoms with Crippen molar-refractivity contribution in [2.75, 3.05) is 26.4 Å². The highest BCUT2D eigenvalue weighted by molar-refractivity contribution is 6.00. The Morgan fingerprint density at radius 1 is 1.14 bits per heavy atom. The van der Waals surface area contributed by atoms with E-state index in [9.17, 15) is 9.59 Å². The van der Waals surface area contributed by atoms with Crippen molar-refractivity contribution in [2.24, 2.45) is 0 Å². The SMILES string of the molecule is O=C1CCC(c2ccc(OCCOCCO)cc2)C(=O)N1. The molecule has 1 fully saturated rings. The third-order valence-corrected chi connectivity index (χ3v) is 3.25. The van der Waals surface area contributed by atoms with Crippen LogP contribution < -0.4 is 10.1 Å². The van der Waals surface area contributed by atoms with Gasteiger partial charge in [0.1, 0.15) is 12.4 Å². The number of hydrogen-bond acceptors (Lipinski definition) is 5. The van der Waals surface area contributed by atoms with Gasteiger partial charge in [-0.2, -0.15) is 0 Å². The number of ether oxygens (including phenoxy) is 2. The van der Waals surface area contributed by atoms with Gasteiger partial charge in [-0.05, 0) is 24.1 Å². The number of hydrogen-bond donors (Lipinski definition) is 2. The van der Waals surface area contributed by atoms with Gasteiger partial charge in [0.25, 0.3) is 0 Å². The van der Waals surface area contributed by atoms with Gasteiger partial charge in [-0.15, -0.1) is 0 Å². The van der Waals surface area contributed by atoms with Gasteiger partial charge < -0.3 is 14.6 Å². The molecule has 2 N–H and O–H groups in total. The standard InChI is InChI=1S/C15H19NO5/c17-7-8-20-9-10-21-12-3-1-11(2-4-12)13-5-6-14(18)16-15(13)19/h1-4,13,17H,5-10H2,(H,16,18,19). The lowest BCUT2D eigenvalue weighted by Gasteiger charge is -2.21. The quantitative estimate of drug-likeness (QED) is 0.568. The van der Waals surface area contributed by atoms with E-state index in [-0.39, 0.29) is 24.3 Å². The molecule has 1 heterocycles. The van der Waals surface area contributed by atoms with E-state index >= 15 is 0 Å². The fourth-order valence-corrected chi connectivity index (χ4v) is 2.19. The molecule has 114 valence electrons. The Kier molecular flexibility index (Phi) is 5.71. The number of aliphatic hydroxyl groups is 1. The smallest absolute Gasteiger partial charge is 0.234 e. The zero-order chi connectivity index (χ0) is 15.1. The highest BCUT2D eigenvalue weighted by Crippen LogP contribution is 2.26. The Labute approximate surface area is 123 Å². The summed E-state index contributed by atoms with van der Waals surface area (Å²) in [5, 5.41) is 10.9. The van der Waals surface area contributed by atoms with E-state index in [1.807, 2.05) is 12.1 Å². The first kappa shape index (κ1) is 15.5. The van der Waals surface area contributed by atoms with Crippen molar-refractivity contribution in [1.29, 1.82) is 0 Å². The number of carbonyl (C=O) groups is 2. The lowest BCUT2D eigenvalue weighted by atomic mass is 9.90. The first-order valence-electron chi connectivity index (χ1n) is 6.96. The molecule has 1 aliphatic rings. The summed E-state index contributed by atoms with van der Waals surface area (Å²) in [5.74, 6) is -0.0281. The fourth-order valence-electron chi connectivity index (χ4n) is 2.19. The molecule has 1 saturated heterocycles. The number of piperidine rings is 1. The van der Waals surface area contributed by atoms with Crippen molar-refractivity contribution in [1.82, 2.24) is 5.32 Å². The second-order valence-electron chi connectivity index (χ2n) is 4.76. The number of imide groups is 1. The molecule has 2 rings (SSSR count). The molecular formula is C15H19NO5. The van der Waals surface area contributed by atoms with E-state index in [4.69, 9.17) is 14.6 Å². The zero-order valence-corrected chi connectivity index (χ0v) is 11.7. The molecular weight excluding hydrogens is 274 g/mol. The maximum absolute atomic E-state index is 11.8. The number of amides is 2. The van der Waals surface area contributed by atoms with Crippen LogP contribution in [0.1, 0.15) is 24.3 Å². The largest absolute Gasteiger partial charge is 0.491 e. The first-order valence-corrected chi connectivity index (χ1v) is 6.96. The van der Waals surface area contributed by atoms with E-state index in [1.54, 1.807) is 12.1 Å². The summed E-state index contributed by atoms with van der Waals surface area (Å²) in [5.41, 5.74) is 0.879. The molecule has 2 amide bonds. The average Bonchev–Trinajstić information content (AvgIpc) is 2.48. The topological polar surface area (TPSA) is 84.9 Å². The molecule has 0 aliphatic carbocycles. The normalized spacial score (nSPS) is 18.4. The Balaban J connectivity index is 1.84. The third kappa shape index (κ3) is 4.54. The lowest BCUT2D eigenvalue weighted by molar-refractivity contribution is -0.134.